The Hall–Kier alpha value is -2.34. The number of benzene rings is 1. The summed E-state index contributed by atoms with van der Waals surface area (Å²) in [6, 6.07) is 9.32. The number of aryl methyl sites for hydroxylation is 2. The lowest BCUT2D eigenvalue weighted by Gasteiger charge is -2.41. The third-order valence-electron chi connectivity index (χ3n) is 5.37. The number of ether oxygens (including phenoxy) is 1. The summed E-state index contributed by atoms with van der Waals surface area (Å²) in [5.41, 5.74) is 1.30. The second-order valence-electron chi connectivity index (χ2n) is 7.11. The highest BCUT2D eigenvalue weighted by Gasteiger charge is 2.41. The van der Waals surface area contributed by atoms with Gasteiger partial charge in [-0.3, -0.25) is 9.59 Å². The topological polar surface area (TPSA) is 58.6 Å². The minimum Gasteiger partial charge on any atom is -0.484 e. The van der Waals surface area contributed by atoms with E-state index in [0.29, 0.717) is 43.8 Å². The zero-order valence-electron chi connectivity index (χ0n) is 15.0. The monoisotopic (exact) mass is 370 g/mol. The van der Waals surface area contributed by atoms with Crippen LogP contribution in [0.5, 0.6) is 5.75 Å². The van der Waals surface area contributed by atoms with Crippen molar-refractivity contribution >= 4 is 23.2 Å². The highest BCUT2D eigenvalue weighted by molar-refractivity contribution is 7.14. The number of carbonyl (C=O) groups is 2. The number of hydrogen-bond acceptors (Lipinski definition) is 4. The smallest absolute Gasteiger partial charge is 0.263 e. The molecule has 1 spiro atoms. The van der Waals surface area contributed by atoms with Crippen LogP contribution >= 0.6 is 11.3 Å². The largest absolute Gasteiger partial charge is 0.484 e. The average Bonchev–Trinajstić information content (AvgIpc) is 2.92. The number of fused-ring (bicyclic) bond motifs is 1. The molecular weight excluding hydrogens is 348 g/mol. The summed E-state index contributed by atoms with van der Waals surface area (Å²) in [5, 5.41) is 2.98. The average molecular weight is 370 g/mol. The molecule has 1 aromatic carbocycles. The third kappa shape index (κ3) is 2.98. The Labute approximate surface area is 157 Å². The molecule has 6 heteroatoms. The van der Waals surface area contributed by atoms with Crippen LogP contribution in [0.15, 0.2) is 30.3 Å². The number of amides is 2. The Morgan fingerprint density at radius 3 is 2.65 bits per heavy atom. The summed E-state index contributed by atoms with van der Waals surface area (Å²) < 4.78 is 6.29. The lowest BCUT2D eigenvalue weighted by atomic mass is 9.90. The Balaban J connectivity index is 1.49. The second kappa shape index (κ2) is 6.43. The van der Waals surface area contributed by atoms with Gasteiger partial charge in [-0.15, -0.1) is 11.3 Å². The molecule has 136 valence electrons. The van der Waals surface area contributed by atoms with Crippen LogP contribution in [0.3, 0.4) is 0 Å². The van der Waals surface area contributed by atoms with Crippen molar-refractivity contribution in [2.45, 2.75) is 32.3 Å². The molecule has 3 heterocycles. The van der Waals surface area contributed by atoms with Crippen molar-refractivity contribution in [1.29, 1.82) is 0 Å². The maximum absolute atomic E-state index is 12.8. The van der Waals surface area contributed by atoms with Gasteiger partial charge in [0.2, 0.25) is 0 Å². The molecule has 1 N–H and O–H groups in total. The minimum absolute atomic E-state index is 0.0964. The normalized spacial score (nSPS) is 18.7. The number of carbonyl (C=O) groups excluding carboxylic acids is 2. The summed E-state index contributed by atoms with van der Waals surface area (Å²) in [7, 11) is 0. The molecule has 0 radical (unpaired) electrons. The molecule has 1 fully saturated rings. The van der Waals surface area contributed by atoms with Gasteiger partial charge in [-0.25, -0.2) is 0 Å². The maximum Gasteiger partial charge on any atom is 0.263 e. The predicted molar refractivity (Wildman–Crippen MR) is 101 cm³/mol. The molecule has 2 amide bonds. The van der Waals surface area contributed by atoms with Crippen LogP contribution in [0.2, 0.25) is 0 Å². The Bertz CT molecular complexity index is 846. The highest BCUT2D eigenvalue weighted by Crippen LogP contribution is 2.33. The van der Waals surface area contributed by atoms with Crippen LogP contribution in [0.1, 0.15) is 43.3 Å². The Kier molecular flexibility index (Phi) is 4.23. The number of thiophene rings is 1. The molecule has 0 unspecified atom stereocenters. The fourth-order valence-electron chi connectivity index (χ4n) is 3.58. The van der Waals surface area contributed by atoms with Crippen LogP contribution < -0.4 is 10.1 Å². The molecule has 2 aromatic rings. The molecule has 4 rings (SSSR count). The van der Waals surface area contributed by atoms with Gasteiger partial charge in [0.1, 0.15) is 11.4 Å². The number of hydrogen-bond donors (Lipinski definition) is 1. The third-order valence-corrected chi connectivity index (χ3v) is 6.51. The van der Waals surface area contributed by atoms with Crippen LogP contribution in [0, 0.1) is 13.8 Å². The molecule has 0 aliphatic carbocycles. The van der Waals surface area contributed by atoms with E-state index in [1.165, 1.54) is 10.4 Å². The molecule has 2 aliphatic heterocycles. The van der Waals surface area contributed by atoms with E-state index in [9.17, 15) is 9.59 Å². The van der Waals surface area contributed by atoms with Crippen molar-refractivity contribution in [2.75, 3.05) is 19.6 Å². The van der Waals surface area contributed by atoms with Gasteiger partial charge >= 0.3 is 0 Å². The Morgan fingerprint density at radius 1 is 1.23 bits per heavy atom. The van der Waals surface area contributed by atoms with Crippen molar-refractivity contribution in [2.24, 2.45) is 0 Å². The van der Waals surface area contributed by atoms with Crippen LogP contribution in [0.25, 0.3) is 0 Å². The van der Waals surface area contributed by atoms with Crippen molar-refractivity contribution in [3.05, 3.63) is 51.2 Å². The Morgan fingerprint density at radius 2 is 1.96 bits per heavy atom. The van der Waals surface area contributed by atoms with Crippen LogP contribution in [-0.2, 0) is 0 Å². The van der Waals surface area contributed by atoms with Crippen molar-refractivity contribution < 1.29 is 14.3 Å². The van der Waals surface area contributed by atoms with Gasteiger partial charge in [0.05, 0.1) is 17.0 Å². The molecule has 2 aliphatic rings. The number of piperidine rings is 1. The van der Waals surface area contributed by atoms with E-state index in [1.54, 1.807) is 17.4 Å². The first-order chi connectivity index (χ1) is 12.5. The summed E-state index contributed by atoms with van der Waals surface area (Å²) in [5.74, 6) is 0.631. The van der Waals surface area contributed by atoms with E-state index < -0.39 is 5.60 Å². The number of nitrogens with zero attached hydrogens (tertiary/aromatic N) is 1. The minimum atomic E-state index is -0.444. The van der Waals surface area contributed by atoms with E-state index in [0.717, 1.165) is 4.88 Å². The van der Waals surface area contributed by atoms with E-state index in [1.807, 2.05) is 43.0 Å². The zero-order valence-corrected chi connectivity index (χ0v) is 15.8. The molecular formula is C20H22N2O3S. The van der Waals surface area contributed by atoms with Gasteiger partial charge in [0.15, 0.2) is 0 Å². The fraction of sp³-hybridized carbons (Fsp3) is 0.400. The molecule has 1 aromatic heterocycles. The van der Waals surface area contributed by atoms with Gasteiger partial charge < -0.3 is 15.0 Å². The first-order valence-electron chi connectivity index (χ1n) is 8.90. The maximum atomic E-state index is 12.8. The predicted octanol–water partition coefficient (Wildman–Crippen LogP) is 3.16. The van der Waals surface area contributed by atoms with Crippen molar-refractivity contribution in [3.63, 3.8) is 0 Å². The number of rotatable bonds is 1. The summed E-state index contributed by atoms with van der Waals surface area (Å²) in [6.07, 6.45) is 1.41. The van der Waals surface area contributed by atoms with Gasteiger partial charge in [0, 0.05) is 30.8 Å². The number of likely N-dealkylation sites (tertiary alicyclic amines) is 1. The molecule has 0 atom stereocenters. The highest BCUT2D eigenvalue weighted by atomic mass is 32.1. The van der Waals surface area contributed by atoms with Crippen molar-refractivity contribution in [1.82, 2.24) is 10.2 Å². The quantitative estimate of drug-likeness (QED) is 0.839. The first-order valence-corrected chi connectivity index (χ1v) is 9.72. The van der Waals surface area contributed by atoms with Crippen LogP contribution in [0.4, 0.5) is 0 Å². The summed E-state index contributed by atoms with van der Waals surface area (Å²) >= 11 is 1.56. The zero-order chi connectivity index (χ0) is 18.3. The van der Waals surface area contributed by atoms with Gasteiger partial charge in [-0.05, 0) is 37.6 Å². The summed E-state index contributed by atoms with van der Waals surface area (Å²) in [4.78, 5) is 28.9. The van der Waals surface area contributed by atoms with Crippen LogP contribution in [-0.4, -0.2) is 41.9 Å². The molecule has 1 saturated heterocycles. The molecule has 26 heavy (non-hydrogen) atoms. The second-order valence-corrected chi connectivity index (χ2v) is 8.36. The standard InChI is InChI=1S/C20H22N2O3S/c1-13-11-17(26-14(13)2)19(24)22-9-7-20(8-10-22)12-21-18(23)15-5-3-4-6-16(15)25-20/h3-6,11H,7-10,12H2,1-2H3,(H,21,23). The van der Waals surface area contributed by atoms with Gasteiger partial charge in [-0.2, -0.15) is 0 Å². The molecule has 0 saturated carbocycles. The lowest BCUT2D eigenvalue weighted by Crippen LogP contribution is -2.54. The SMILES string of the molecule is Cc1cc(C(=O)N2CCC3(CC2)CNC(=O)c2ccccc2O3)sc1C. The number of nitrogens with one attached hydrogen (secondary N) is 1. The van der Waals surface area contributed by atoms with Crippen molar-refractivity contribution in [3.8, 4) is 5.75 Å². The fourth-order valence-corrected chi connectivity index (χ4v) is 4.58. The first kappa shape index (κ1) is 17.1. The lowest BCUT2D eigenvalue weighted by molar-refractivity contribution is 0.00788. The van der Waals surface area contributed by atoms with E-state index >= 15 is 0 Å². The van der Waals surface area contributed by atoms with Gasteiger partial charge in [-0.1, -0.05) is 12.1 Å². The molecule has 0 bridgehead atoms. The summed E-state index contributed by atoms with van der Waals surface area (Å²) in [6.45, 7) is 5.81. The van der Waals surface area contributed by atoms with E-state index in [2.05, 4.69) is 5.32 Å². The molecule has 5 nitrogen and oxygen atoms in total. The van der Waals surface area contributed by atoms with E-state index in [-0.39, 0.29) is 11.8 Å². The van der Waals surface area contributed by atoms with E-state index in [4.69, 9.17) is 4.74 Å². The number of para-hydroxylation sites is 1. The van der Waals surface area contributed by atoms with Gasteiger partial charge in [0.25, 0.3) is 11.8 Å².